The van der Waals surface area contributed by atoms with E-state index in [9.17, 15) is 18.0 Å². The van der Waals surface area contributed by atoms with E-state index in [4.69, 9.17) is 0 Å². The van der Waals surface area contributed by atoms with Crippen LogP contribution in [0.3, 0.4) is 0 Å². The van der Waals surface area contributed by atoms with Crippen LogP contribution in [0.5, 0.6) is 0 Å². The van der Waals surface area contributed by atoms with Gasteiger partial charge in [0, 0.05) is 0 Å². The van der Waals surface area contributed by atoms with E-state index in [2.05, 4.69) is 20.9 Å². The first-order valence-electron chi connectivity index (χ1n) is 3.81. The minimum atomic E-state index is -4.89. The summed E-state index contributed by atoms with van der Waals surface area (Å²) in [5.41, 5.74) is 0.537. The van der Waals surface area contributed by atoms with Crippen molar-refractivity contribution in [3.63, 3.8) is 0 Å². The number of carbonyl (C=O) groups excluding carboxylic acids is 1. The number of aromatic nitrogens is 1. The van der Waals surface area contributed by atoms with Crippen molar-refractivity contribution in [2.24, 2.45) is 0 Å². The van der Waals surface area contributed by atoms with Crippen molar-refractivity contribution >= 4 is 27.5 Å². The van der Waals surface area contributed by atoms with Crippen molar-refractivity contribution in [3.05, 3.63) is 22.4 Å². The number of rotatable bonds is 1. The normalized spacial score (nSPS) is 11.3. The number of nitrogens with zero attached hydrogens (tertiary/aromatic N) is 1. The second-order valence-corrected chi connectivity index (χ2v) is 3.59. The number of aryl methyl sites for hydroxylation is 1. The molecule has 1 aromatic rings. The van der Waals surface area contributed by atoms with E-state index in [-0.39, 0.29) is 5.69 Å². The average molecular weight is 283 g/mol. The summed E-state index contributed by atoms with van der Waals surface area (Å²) in [6.45, 7) is 1.57. The SMILES string of the molecule is Cc1cc(Br)ncc1NC(=O)C(F)(F)F. The zero-order valence-corrected chi connectivity index (χ0v) is 9.11. The summed E-state index contributed by atoms with van der Waals surface area (Å²) in [6, 6.07) is 1.51. The smallest absolute Gasteiger partial charge is 0.317 e. The summed E-state index contributed by atoms with van der Waals surface area (Å²) >= 11 is 3.06. The van der Waals surface area contributed by atoms with E-state index >= 15 is 0 Å². The predicted molar refractivity (Wildman–Crippen MR) is 51.4 cm³/mol. The van der Waals surface area contributed by atoms with Gasteiger partial charge in [-0.05, 0) is 34.5 Å². The molecule has 0 aliphatic carbocycles. The van der Waals surface area contributed by atoms with Crippen LogP contribution in [0.15, 0.2) is 16.9 Å². The summed E-state index contributed by atoms with van der Waals surface area (Å²) < 4.78 is 36.2. The van der Waals surface area contributed by atoms with Crippen LogP contribution in [0.1, 0.15) is 5.56 Å². The van der Waals surface area contributed by atoms with Gasteiger partial charge >= 0.3 is 12.1 Å². The largest absolute Gasteiger partial charge is 0.471 e. The molecule has 1 aromatic heterocycles. The maximum atomic E-state index is 11.9. The highest BCUT2D eigenvalue weighted by atomic mass is 79.9. The molecule has 0 bridgehead atoms. The Morgan fingerprint density at radius 1 is 1.53 bits per heavy atom. The number of halogens is 4. The summed E-state index contributed by atoms with van der Waals surface area (Å²) in [7, 11) is 0. The Balaban J connectivity index is 2.87. The van der Waals surface area contributed by atoms with Gasteiger partial charge in [-0.15, -0.1) is 0 Å². The third-order valence-corrected chi connectivity index (χ3v) is 2.02. The molecule has 3 nitrogen and oxygen atoms in total. The Labute approximate surface area is 91.8 Å². The number of hydrogen-bond acceptors (Lipinski definition) is 2. The first-order valence-corrected chi connectivity index (χ1v) is 4.60. The molecule has 0 spiro atoms. The average Bonchev–Trinajstić information content (AvgIpc) is 2.08. The Morgan fingerprint density at radius 2 is 2.13 bits per heavy atom. The molecule has 0 aliphatic rings. The van der Waals surface area contributed by atoms with Gasteiger partial charge in [0.1, 0.15) is 4.60 Å². The van der Waals surface area contributed by atoms with Gasteiger partial charge in [0.25, 0.3) is 0 Å². The molecular formula is C8H6BrF3N2O. The summed E-state index contributed by atoms with van der Waals surface area (Å²) in [5.74, 6) is -2.00. The van der Waals surface area contributed by atoms with Gasteiger partial charge in [-0.25, -0.2) is 4.98 Å². The lowest BCUT2D eigenvalue weighted by molar-refractivity contribution is -0.167. The number of anilines is 1. The number of amides is 1. The molecule has 82 valence electrons. The Hall–Kier alpha value is -1.11. The van der Waals surface area contributed by atoms with E-state index < -0.39 is 12.1 Å². The molecule has 0 unspecified atom stereocenters. The van der Waals surface area contributed by atoms with Crippen LogP contribution >= 0.6 is 15.9 Å². The minimum Gasteiger partial charge on any atom is -0.317 e. The third kappa shape index (κ3) is 3.19. The van der Waals surface area contributed by atoms with Crippen LogP contribution in [-0.4, -0.2) is 17.1 Å². The van der Waals surface area contributed by atoms with Crippen LogP contribution in [0.2, 0.25) is 0 Å². The molecule has 7 heteroatoms. The van der Waals surface area contributed by atoms with Gasteiger partial charge in [0.2, 0.25) is 0 Å². The van der Waals surface area contributed by atoms with Crippen molar-refractivity contribution < 1.29 is 18.0 Å². The first kappa shape index (κ1) is 12.0. The van der Waals surface area contributed by atoms with Crippen molar-refractivity contribution in [3.8, 4) is 0 Å². The summed E-state index contributed by atoms with van der Waals surface area (Å²) in [6.07, 6.45) is -3.73. The zero-order chi connectivity index (χ0) is 11.6. The fourth-order valence-corrected chi connectivity index (χ4v) is 1.29. The number of alkyl halides is 3. The van der Waals surface area contributed by atoms with Crippen LogP contribution in [0, 0.1) is 6.92 Å². The number of carbonyl (C=O) groups is 1. The molecule has 15 heavy (non-hydrogen) atoms. The Bertz CT molecular complexity index is 392. The second-order valence-electron chi connectivity index (χ2n) is 2.77. The molecule has 1 heterocycles. The Kier molecular flexibility index (Phi) is 3.33. The maximum Gasteiger partial charge on any atom is 0.471 e. The van der Waals surface area contributed by atoms with E-state index in [0.717, 1.165) is 6.20 Å². The minimum absolute atomic E-state index is 0.0422. The number of nitrogens with one attached hydrogen (secondary N) is 1. The van der Waals surface area contributed by atoms with Gasteiger partial charge in [0.15, 0.2) is 0 Å². The van der Waals surface area contributed by atoms with Crippen molar-refractivity contribution in [1.29, 1.82) is 0 Å². The highest BCUT2D eigenvalue weighted by Gasteiger charge is 2.38. The van der Waals surface area contributed by atoms with Crippen molar-refractivity contribution in [2.75, 3.05) is 5.32 Å². The van der Waals surface area contributed by atoms with Gasteiger partial charge in [-0.3, -0.25) is 4.79 Å². The molecule has 0 aromatic carbocycles. The predicted octanol–water partition coefficient (Wildman–Crippen LogP) is 2.65. The molecule has 0 fully saturated rings. The highest BCUT2D eigenvalue weighted by Crippen LogP contribution is 2.21. The highest BCUT2D eigenvalue weighted by molar-refractivity contribution is 9.10. The molecular weight excluding hydrogens is 277 g/mol. The zero-order valence-electron chi connectivity index (χ0n) is 7.52. The standard InChI is InChI=1S/C8H6BrF3N2O/c1-4-2-6(9)13-3-5(4)14-7(15)8(10,11)12/h2-3H,1H3,(H,14,15). The van der Waals surface area contributed by atoms with Crippen molar-refractivity contribution in [2.45, 2.75) is 13.1 Å². The molecule has 0 radical (unpaired) electrons. The van der Waals surface area contributed by atoms with E-state index in [0.29, 0.717) is 10.2 Å². The monoisotopic (exact) mass is 282 g/mol. The molecule has 1 rings (SSSR count). The Morgan fingerprint density at radius 3 is 2.60 bits per heavy atom. The lowest BCUT2D eigenvalue weighted by atomic mass is 10.2. The molecule has 0 saturated heterocycles. The maximum absolute atomic E-state index is 11.9. The lowest BCUT2D eigenvalue weighted by Crippen LogP contribution is -2.30. The lowest BCUT2D eigenvalue weighted by Gasteiger charge is -2.09. The van der Waals surface area contributed by atoms with Crippen molar-refractivity contribution in [1.82, 2.24) is 4.98 Å². The molecule has 1 amide bonds. The molecule has 1 N–H and O–H groups in total. The fraction of sp³-hybridized carbons (Fsp3) is 0.250. The number of pyridine rings is 1. The van der Waals surface area contributed by atoms with Gasteiger partial charge in [0.05, 0.1) is 11.9 Å². The number of hydrogen-bond donors (Lipinski definition) is 1. The molecule has 0 saturated carbocycles. The quantitative estimate of drug-likeness (QED) is 0.805. The van der Waals surface area contributed by atoms with Crippen LogP contribution in [0.4, 0.5) is 18.9 Å². The fourth-order valence-electron chi connectivity index (χ4n) is 0.846. The molecule has 0 aliphatic heterocycles. The van der Waals surface area contributed by atoms with Crippen LogP contribution < -0.4 is 5.32 Å². The van der Waals surface area contributed by atoms with Gasteiger partial charge < -0.3 is 5.32 Å². The van der Waals surface area contributed by atoms with Gasteiger partial charge in [-0.2, -0.15) is 13.2 Å². The van der Waals surface area contributed by atoms with E-state index in [1.54, 1.807) is 12.2 Å². The van der Waals surface area contributed by atoms with E-state index in [1.807, 2.05) is 0 Å². The third-order valence-electron chi connectivity index (χ3n) is 1.58. The summed E-state index contributed by atoms with van der Waals surface area (Å²) in [5, 5.41) is 1.73. The van der Waals surface area contributed by atoms with Gasteiger partial charge in [-0.1, -0.05) is 0 Å². The van der Waals surface area contributed by atoms with Crippen LogP contribution in [0.25, 0.3) is 0 Å². The summed E-state index contributed by atoms with van der Waals surface area (Å²) in [4.78, 5) is 14.3. The molecule has 0 atom stereocenters. The second kappa shape index (κ2) is 4.18. The van der Waals surface area contributed by atoms with E-state index in [1.165, 1.54) is 6.07 Å². The first-order chi connectivity index (χ1) is 6.80. The van der Waals surface area contributed by atoms with Crippen LogP contribution in [-0.2, 0) is 4.79 Å². The topological polar surface area (TPSA) is 42.0 Å².